The van der Waals surface area contributed by atoms with Gasteiger partial charge in [-0.15, -0.1) is 10.2 Å². The molecule has 2 aromatic rings. The number of hydrogen-bond acceptors (Lipinski definition) is 5. The molecule has 0 saturated heterocycles. The Labute approximate surface area is 110 Å². The molecule has 0 unspecified atom stereocenters. The molecule has 0 atom stereocenters. The van der Waals surface area contributed by atoms with Gasteiger partial charge in [-0.1, -0.05) is 23.5 Å². The van der Waals surface area contributed by atoms with Crippen LogP contribution in [0, 0.1) is 11.3 Å². The number of hydrogen-bond donors (Lipinski definition) is 1. The Hall–Kier alpha value is -2.14. The summed E-state index contributed by atoms with van der Waals surface area (Å²) in [4.78, 5) is 0. The maximum Gasteiger partial charge on any atom is 0.445 e. The molecule has 0 saturated carbocycles. The lowest BCUT2D eigenvalue weighted by Crippen LogP contribution is -2.03. The van der Waals surface area contributed by atoms with Gasteiger partial charge in [0.1, 0.15) is 0 Å². The first-order valence-electron chi connectivity index (χ1n) is 5.12. The zero-order valence-electron chi connectivity index (χ0n) is 9.40. The van der Waals surface area contributed by atoms with E-state index in [4.69, 9.17) is 5.26 Å². The first-order valence-corrected chi connectivity index (χ1v) is 5.94. The van der Waals surface area contributed by atoms with Crippen molar-refractivity contribution in [1.82, 2.24) is 10.2 Å². The minimum atomic E-state index is -4.47. The topological polar surface area (TPSA) is 61.6 Å². The molecule has 0 fully saturated rings. The van der Waals surface area contributed by atoms with Crippen LogP contribution in [0.25, 0.3) is 0 Å². The van der Waals surface area contributed by atoms with Gasteiger partial charge >= 0.3 is 6.18 Å². The van der Waals surface area contributed by atoms with Crippen LogP contribution < -0.4 is 5.32 Å². The second kappa shape index (κ2) is 5.24. The predicted octanol–water partition coefficient (Wildman–Crippen LogP) is 3.04. The van der Waals surface area contributed by atoms with Crippen LogP contribution in [0.4, 0.5) is 18.3 Å². The molecule has 0 radical (unpaired) electrons. The van der Waals surface area contributed by atoms with E-state index in [1.807, 2.05) is 6.07 Å². The number of nitrogens with one attached hydrogen (secondary N) is 1. The summed E-state index contributed by atoms with van der Waals surface area (Å²) in [5, 5.41) is 17.0. The monoisotopic (exact) mass is 284 g/mol. The zero-order valence-corrected chi connectivity index (χ0v) is 10.2. The van der Waals surface area contributed by atoms with Gasteiger partial charge in [-0.25, -0.2) is 0 Å². The molecule has 0 aliphatic carbocycles. The van der Waals surface area contributed by atoms with Crippen LogP contribution >= 0.6 is 11.3 Å². The fourth-order valence-corrected chi connectivity index (χ4v) is 1.89. The van der Waals surface area contributed by atoms with Crippen LogP contribution in [0.15, 0.2) is 24.3 Å². The van der Waals surface area contributed by atoms with Gasteiger partial charge in [-0.3, -0.25) is 0 Å². The Morgan fingerprint density at radius 1 is 1.21 bits per heavy atom. The molecule has 1 heterocycles. The number of anilines is 1. The van der Waals surface area contributed by atoms with Crippen molar-refractivity contribution in [2.45, 2.75) is 12.7 Å². The maximum atomic E-state index is 12.3. The minimum absolute atomic E-state index is 0.108. The fraction of sp³-hybridized carbons (Fsp3) is 0.182. The molecule has 1 N–H and O–H groups in total. The standard InChI is InChI=1S/C11H7F3N4S/c12-11(13,14)9-17-18-10(19-9)16-6-8-3-1-7(5-15)2-4-8/h1-4H,6H2,(H,16,18). The molecule has 0 aliphatic rings. The Bertz CT molecular complexity index is 598. The Kier molecular flexibility index (Phi) is 3.66. The van der Waals surface area contributed by atoms with Crippen molar-refractivity contribution in [1.29, 1.82) is 5.26 Å². The number of halogens is 3. The average molecular weight is 284 g/mol. The number of aromatic nitrogens is 2. The van der Waals surface area contributed by atoms with E-state index in [9.17, 15) is 13.2 Å². The summed E-state index contributed by atoms with van der Waals surface area (Å²) in [6, 6.07) is 8.70. The maximum absolute atomic E-state index is 12.3. The normalized spacial score (nSPS) is 11.1. The smallest absolute Gasteiger partial charge is 0.356 e. The number of alkyl halides is 3. The highest BCUT2D eigenvalue weighted by molar-refractivity contribution is 7.15. The number of benzene rings is 1. The highest BCUT2D eigenvalue weighted by atomic mass is 32.1. The van der Waals surface area contributed by atoms with Gasteiger partial charge in [-0.2, -0.15) is 18.4 Å². The van der Waals surface area contributed by atoms with E-state index >= 15 is 0 Å². The van der Waals surface area contributed by atoms with Gasteiger partial charge in [-0.05, 0) is 17.7 Å². The molecule has 19 heavy (non-hydrogen) atoms. The van der Waals surface area contributed by atoms with Crippen molar-refractivity contribution >= 4 is 16.5 Å². The van der Waals surface area contributed by atoms with Crippen molar-refractivity contribution in [2.24, 2.45) is 0 Å². The van der Waals surface area contributed by atoms with Crippen LogP contribution in [-0.4, -0.2) is 10.2 Å². The SMILES string of the molecule is N#Cc1ccc(CNc2nnc(C(F)(F)F)s2)cc1. The van der Waals surface area contributed by atoms with Crippen LogP contribution in [0.1, 0.15) is 16.1 Å². The van der Waals surface area contributed by atoms with Gasteiger partial charge in [0, 0.05) is 6.54 Å². The lowest BCUT2D eigenvalue weighted by molar-refractivity contribution is -0.138. The summed E-state index contributed by atoms with van der Waals surface area (Å²) in [5.41, 5.74) is 1.36. The zero-order chi connectivity index (χ0) is 13.9. The van der Waals surface area contributed by atoms with Gasteiger partial charge in [0.2, 0.25) is 10.1 Å². The van der Waals surface area contributed by atoms with E-state index in [0.29, 0.717) is 23.4 Å². The molecular weight excluding hydrogens is 277 g/mol. The van der Waals surface area contributed by atoms with E-state index in [-0.39, 0.29) is 5.13 Å². The molecule has 4 nitrogen and oxygen atoms in total. The van der Waals surface area contributed by atoms with Crippen LogP contribution in [0.3, 0.4) is 0 Å². The van der Waals surface area contributed by atoms with E-state index in [1.165, 1.54) is 0 Å². The van der Waals surface area contributed by atoms with Crippen molar-refractivity contribution in [3.05, 3.63) is 40.4 Å². The molecule has 98 valence electrons. The summed E-state index contributed by atoms with van der Waals surface area (Å²) in [7, 11) is 0. The first-order chi connectivity index (χ1) is 8.99. The Morgan fingerprint density at radius 3 is 2.42 bits per heavy atom. The molecule has 0 amide bonds. The molecule has 1 aromatic heterocycles. The molecule has 0 spiro atoms. The van der Waals surface area contributed by atoms with Crippen LogP contribution in [0.5, 0.6) is 0 Å². The highest BCUT2D eigenvalue weighted by Gasteiger charge is 2.35. The second-order valence-electron chi connectivity index (χ2n) is 3.57. The van der Waals surface area contributed by atoms with Gasteiger partial charge in [0.05, 0.1) is 11.6 Å². The summed E-state index contributed by atoms with van der Waals surface area (Å²) in [5.74, 6) is 0. The Morgan fingerprint density at radius 2 is 1.89 bits per heavy atom. The van der Waals surface area contributed by atoms with Gasteiger partial charge < -0.3 is 5.32 Å². The molecule has 8 heteroatoms. The largest absolute Gasteiger partial charge is 0.445 e. The molecule has 0 aliphatic heterocycles. The van der Waals surface area contributed by atoms with Crippen LogP contribution in [-0.2, 0) is 12.7 Å². The number of nitrogens with zero attached hydrogens (tertiary/aromatic N) is 3. The number of nitriles is 1. The summed E-state index contributed by atoms with van der Waals surface area (Å²) in [6.07, 6.45) is -4.47. The minimum Gasteiger partial charge on any atom is -0.356 e. The van der Waals surface area contributed by atoms with Crippen molar-refractivity contribution in [2.75, 3.05) is 5.32 Å². The van der Waals surface area contributed by atoms with E-state index in [2.05, 4.69) is 15.5 Å². The third-order valence-corrected chi connectivity index (χ3v) is 3.12. The average Bonchev–Trinajstić information content (AvgIpc) is 2.86. The summed E-state index contributed by atoms with van der Waals surface area (Å²) in [6.45, 7) is 0.318. The van der Waals surface area contributed by atoms with Crippen molar-refractivity contribution in [3.63, 3.8) is 0 Å². The summed E-state index contributed by atoms with van der Waals surface area (Å²) >= 11 is 0.456. The third kappa shape index (κ3) is 3.42. The fourth-order valence-electron chi connectivity index (χ4n) is 1.28. The predicted molar refractivity (Wildman–Crippen MR) is 63.4 cm³/mol. The lowest BCUT2D eigenvalue weighted by atomic mass is 10.1. The van der Waals surface area contributed by atoms with Gasteiger partial charge in [0.25, 0.3) is 0 Å². The first kappa shape index (κ1) is 13.3. The molecular formula is C11H7F3N4S. The van der Waals surface area contributed by atoms with Crippen molar-refractivity contribution in [3.8, 4) is 6.07 Å². The quantitative estimate of drug-likeness (QED) is 0.941. The van der Waals surface area contributed by atoms with E-state index in [0.717, 1.165) is 5.56 Å². The van der Waals surface area contributed by atoms with E-state index < -0.39 is 11.2 Å². The number of rotatable bonds is 3. The van der Waals surface area contributed by atoms with Crippen LogP contribution in [0.2, 0.25) is 0 Å². The molecule has 1 aromatic carbocycles. The van der Waals surface area contributed by atoms with Gasteiger partial charge in [0.15, 0.2) is 0 Å². The van der Waals surface area contributed by atoms with E-state index in [1.54, 1.807) is 24.3 Å². The third-order valence-electron chi connectivity index (χ3n) is 2.19. The molecule has 2 rings (SSSR count). The van der Waals surface area contributed by atoms with Crippen molar-refractivity contribution < 1.29 is 13.2 Å². The highest BCUT2D eigenvalue weighted by Crippen LogP contribution is 2.33. The lowest BCUT2D eigenvalue weighted by Gasteiger charge is -2.02. The Balaban J connectivity index is 1.99. The second-order valence-corrected chi connectivity index (χ2v) is 4.55. The molecule has 0 bridgehead atoms. The summed E-state index contributed by atoms with van der Waals surface area (Å²) < 4.78 is 36.9.